The standard InChI is InChI=1S/C20H25N5O2/c1-6-11-25-12-17(13(2)23-25)20(26)21-19-18(14(3)22-24(19)4)15-7-9-16(27-5)10-8-15/h7-10,12H,6,11H2,1-5H3,(H,21,26). The molecule has 27 heavy (non-hydrogen) atoms. The lowest BCUT2D eigenvalue weighted by atomic mass is 10.1. The van der Waals surface area contributed by atoms with Gasteiger partial charge >= 0.3 is 0 Å². The second kappa shape index (κ2) is 7.65. The Morgan fingerprint density at radius 2 is 1.85 bits per heavy atom. The Balaban J connectivity index is 1.94. The van der Waals surface area contributed by atoms with Crippen LogP contribution in [0.1, 0.15) is 35.1 Å². The van der Waals surface area contributed by atoms with Crippen molar-refractivity contribution >= 4 is 11.7 Å². The fraction of sp³-hybridized carbons (Fsp3) is 0.350. The summed E-state index contributed by atoms with van der Waals surface area (Å²) in [6.07, 6.45) is 2.76. The lowest BCUT2D eigenvalue weighted by Gasteiger charge is -2.09. The highest BCUT2D eigenvalue weighted by Gasteiger charge is 2.20. The van der Waals surface area contributed by atoms with E-state index in [-0.39, 0.29) is 5.91 Å². The van der Waals surface area contributed by atoms with Crippen LogP contribution in [0.4, 0.5) is 5.82 Å². The third kappa shape index (κ3) is 3.72. The van der Waals surface area contributed by atoms with E-state index in [1.54, 1.807) is 18.0 Å². The van der Waals surface area contributed by atoms with E-state index >= 15 is 0 Å². The van der Waals surface area contributed by atoms with Crippen LogP contribution < -0.4 is 10.1 Å². The molecule has 142 valence electrons. The molecule has 0 spiro atoms. The van der Waals surface area contributed by atoms with Crippen molar-refractivity contribution in [2.24, 2.45) is 7.05 Å². The number of nitrogens with zero attached hydrogens (tertiary/aromatic N) is 4. The largest absolute Gasteiger partial charge is 0.497 e. The highest BCUT2D eigenvalue weighted by molar-refractivity contribution is 6.06. The number of carbonyl (C=O) groups excluding carboxylic acids is 1. The molecule has 7 heteroatoms. The lowest BCUT2D eigenvalue weighted by Crippen LogP contribution is -2.15. The average molecular weight is 367 g/mol. The van der Waals surface area contributed by atoms with Gasteiger partial charge in [-0.2, -0.15) is 10.2 Å². The number of nitrogens with one attached hydrogen (secondary N) is 1. The van der Waals surface area contributed by atoms with Crippen LogP contribution in [0.15, 0.2) is 30.5 Å². The van der Waals surface area contributed by atoms with E-state index in [4.69, 9.17) is 4.74 Å². The van der Waals surface area contributed by atoms with Crippen LogP contribution in [0, 0.1) is 13.8 Å². The third-order valence-electron chi connectivity index (χ3n) is 4.48. The van der Waals surface area contributed by atoms with Crippen molar-refractivity contribution in [1.82, 2.24) is 19.6 Å². The summed E-state index contributed by atoms with van der Waals surface area (Å²) in [5.74, 6) is 1.25. The zero-order valence-electron chi connectivity index (χ0n) is 16.4. The number of methoxy groups -OCH3 is 1. The van der Waals surface area contributed by atoms with Gasteiger partial charge in [-0.15, -0.1) is 0 Å². The summed E-state index contributed by atoms with van der Waals surface area (Å²) in [5.41, 5.74) is 3.99. The molecule has 0 bridgehead atoms. The molecule has 1 N–H and O–H groups in total. The summed E-state index contributed by atoms with van der Waals surface area (Å²) < 4.78 is 8.73. The molecule has 0 atom stereocenters. The van der Waals surface area contributed by atoms with E-state index in [0.717, 1.165) is 35.5 Å². The number of rotatable bonds is 6. The number of aromatic nitrogens is 4. The maximum absolute atomic E-state index is 12.9. The molecule has 0 saturated heterocycles. The predicted octanol–water partition coefficient (Wildman–Crippen LogP) is 3.57. The molecule has 1 aromatic carbocycles. The molecule has 0 aliphatic carbocycles. The summed E-state index contributed by atoms with van der Waals surface area (Å²) in [5, 5.41) is 11.9. The molecular weight excluding hydrogens is 342 g/mol. The molecule has 2 aromatic heterocycles. The number of carbonyl (C=O) groups is 1. The SMILES string of the molecule is CCCn1cc(C(=O)Nc2c(-c3ccc(OC)cc3)c(C)nn2C)c(C)n1. The van der Waals surface area contributed by atoms with Crippen molar-refractivity contribution in [2.75, 3.05) is 12.4 Å². The van der Waals surface area contributed by atoms with Gasteiger partial charge in [-0.25, -0.2) is 0 Å². The number of hydrogen-bond acceptors (Lipinski definition) is 4. The van der Waals surface area contributed by atoms with Crippen LogP contribution in [-0.4, -0.2) is 32.6 Å². The Morgan fingerprint density at radius 3 is 2.48 bits per heavy atom. The van der Waals surface area contributed by atoms with Gasteiger partial charge < -0.3 is 10.1 Å². The topological polar surface area (TPSA) is 74.0 Å². The zero-order chi connectivity index (χ0) is 19.6. The molecule has 0 aliphatic rings. The predicted molar refractivity (Wildman–Crippen MR) is 105 cm³/mol. The van der Waals surface area contributed by atoms with Gasteiger partial charge in [-0.05, 0) is 38.0 Å². The van der Waals surface area contributed by atoms with Gasteiger partial charge in [0.1, 0.15) is 11.6 Å². The van der Waals surface area contributed by atoms with Crippen molar-refractivity contribution in [1.29, 1.82) is 0 Å². The van der Waals surface area contributed by atoms with Crippen LogP contribution in [0.2, 0.25) is 0 Å². The minimum absolute atomic E-state index is 0.187. The van der Waals surface area contributed by atoms with Gasteiger partial charge in [-0.3, -0.25) is 14.2 Å². The minimum Gasteiger partial charge on any atom is -0.497 e. The molecule has 0 saturated carbocycles. The Hall–Kier alpha value is -3.09. The third-order valence-corrected chi connectivity index (χ3v) is 4.48. The molecule has 3 aromatic rings. The summed E-state index contributed by atoms with van der Waals surface area (Å²) >= 11 is 0. The number of benzene rings is 1. The summed E-state index contributed by atoms with van der Waals surface area (Å²) in [6.45, 7) is 6.64. The Bertz CT molecular complexity index is 954. The van der Waals surface area contributed by atoms with Crippen LogP contribution in [0.3, 0.4) is 0 Å². The molecule has 0 aliphatic heterocycles. The second-order valence-corrected chi connectivity index (χ2v) is 6.51. The minimum atomic E-state index is -0.187. The van der Waals surface area contributed by atoms with Crippen LogP contribution >= 0.6 is 0 Å². The van der Waals surface area contributed by atoms with Crippen LogP contribution in [-0.2, 0) is 13.6 Å². The van der Waals surface area contributed by atoms with E-state index in [1.807, 2.05) is 49.8 Å². The molecule has 0 unspecified atom stereocenters. The van der Waals surface area contributed by atoms with Gasteiger partial charge in [0.15, 0.2) is 0 Å². The molecule has 0 fully saturated rings. The Labute approximate surface area is 159 Å². The highest BCUT2D eigenvalue weighted by atomic mass is 16.5. The molecule has 1 amide bonds. The first-order valence-electron chi connectivity index (χ1n) is 8.98. The Kier molecular flexibility index (Phi) is 5.30. The van der Waals surface area contributed by atoms with E-state index in [0.29, 0.717) is 17.1 Å². The Morgan fingerprint density at radius 1 is 1.15 bits per heavy atom. The number of ether oxygens (including phenoxy) is 1. The smallest absolute Gasteiger partial charge is 0.260 e. The highest BCUT2D eigenvalue weighted by Crippen LogP contribution is 2.32. The van der Waals surface area contributed by atoms with Crippen molar-refractivity contribution in [3.8, 4) is 16.9 Å². The lowest BCUT2D eigenvalue weighted by molar-refractivity contribution is 0.102. The van der Waals surface area contributed by atoms with Crippen LogP contribution in [0.5, 0.6) is 5.75 Å². The summed E-state index contributed by atoms with van der Waals surface area (Å²) in [4.78, 5) is 12.9. The van der Waals surface area contributed by atoms with Gasteiger partial charge in [0.2, 0.25) is 0 Å². The quantitative estimate of drug-likeness (QED) is 0.723. The van der Waals surface area contributed by atoms with Crippen molar-refractivity contribution in [3.63, 3.8) is 0 Å². The van der Waals surface area contributed by atoms with Gasteiger partial charge in [0.05, 0.1) is 24.1 Å². The average Bonchev–Trinajstić information content (AvgIpc) is 3.14. The first kappa shape index (κ1) is 18.7. The summed E-state index contributed by atoms with van der Waals surface area (Å²) in [6, 6.07) is 7.71. The second-order valence-electron chi connectivity index (χ2n) is 6.51. The maximum atomic E-state index is 12.9. The van der Waals surface area contributed by atoms with Gasteiger partial charge in [0, 0.05) is 25.4 Å². The zero-order valence-corrected chi connectivity index (χ0v) is 16.4. The molecule has 7 nitrogen and oxygen atoms in total. The van der Waals surface area contributed by atoms with Crippen LogP contribution in [0.25, 0.3) is 11.1 Å². The monoisotopic (exact) mass is 367 g/mol. The molecule has 3 rings (SSSR count). The number of aryl methyl sites for hydroxylation is 4. The number of amides is 1. The van der Waals surface area contributed by atoms with Gasteiger partial charge in [-0.1, -0.05) is 19.1 Å². The van der Waals surface area contributed by atoms with E-state index in [1.165, 1.54) is 0 Å². The van der Waals surface area contributed by atoms with Crippen molar-refractivity contribution < 1.29 is 9.53 Å². The summed E-state index contributed by atoms with van der Waals surface area (Å²) in [7, 11) is 3.46. The maximum Gasteiger partial charge on any atom is 0.260 e. The fourth-order valence-corrected chi connectivity index (χ4v) is 3.16. The van der Waals surface area contributed by atoms with E-state index in [9.17, 15) is 4.79 Å². The number of anilines is 1. The van der Waals surface area contributed by atoms with E-state index < -0.39 is 0 Å². The fourth-order valence-electron chi connectivity index (χ4n) is 3.16. The molecular formula is C20H25N5O2. The van der Waals surface area contributed by atoms with Gasteiger partial charge in [0.25, 0.3) is 5.91 Å². The molecule has 2 heterocycles. The number of hydrogen-bond donors (Lipinski definition) is 1. The first-order chi connectivity index (χ1) is 12.9. The normalized spacial score (nSPS) is 10.9. The van der Waals surface area contributed by atoms with E-state index in [2.05, 4.69) is 22.4 Å². The molecule has 0 radical (unpaired) electrons. The van der Waals surface area contributed by atoms with Crippen molar-refractivity contribution in [3.05, 3.63) is 47.4 Å². The first-order valence-corrected chi connectivity index (χ1v) is 8.98. The van der Waals surface area contributed by atoms with Crippen molar-refractivity contribution in [2.45, 2.75) is 33.7 Å².